The molecular weight excluding hydrogens is 483 g/mol. The van der Waals surface area contributed by atoms with E-state index >= 15 is 0 Å². The molecule has 1 aliphatic rings. The van der Waals surface area contributed by atoms with Crippen LogP contribution in [-0.4, -0.2) is 41.9 Å². The molecule has 0 saturated carbocycles. The van der Waals surface area contributed by atoms with Crippen molar-refractivity contribution >= 4 is 39.3 Å². The number of halogens is 4. The molecule has 0 radical (unpaired) electrons. The second-order valence-corrected chi connectivity index (χ2v) is 7.53. The Morgan fingerprint density at radius 3 is 2.71 bits per heavy atom. The van der Waals surface area contributed by atoms with Crippen molar-refractivity contribution in [3.8, 4) is 0 Å². The second-order valence-electron chi connectivity index (χ2n) is 6.61. The standard InChI is InChI=1S/C19H17BrF3N5O3/c1-9(29)31-18-19(17(22)23,28-15(24)8-26-18)12-6-11(3-4-13(12)21)27-16(30)14-5-2-10(20)7-25-14/h2-7,17-18,26H,8H2,1H3,(H2,24,28)(H,27,30). The molecule has 164 valence electrons. The van der Waals surface area contributed by atoms with Crippen molar-refractivity contribution in [2.75, 3.05) is 11.9 Å². The van der Waals surface area contributed by atoms with Crippen LogP contribution in [0, 0.1) is 5.82 Å². The number of esters is 1. The third kappa shape index (κ3) is 4.69. The van der Waals surface area contributed by atoms with E-state index in [0.717, 1.165) is 19.1 Å². The number of nitrogens with two attached hydrogens (primary N) is 1. The molecule has 3 rings (SSSR count). The summed E-state index contributed by atoms with van der Waals surface area (Å²) in [6.45, 7) is 0.886. The van der Waals surface area contributed by atoms with Crippen LogP contribution in [0.1, 0.15) is 23.0 Å². The number of alkyl halides is 2. The zero-order valence-corrected chi connectivity index (χ0v) is 17.6. The summed E-state index contributed by atoms with van der Waals surface area (Å²) in [5.41, 5.74) is 2.44. The maximum absolute atomic E-state index is 14.8. The zero-order chi connectivity index (χ0) is 22.8. The van der Waals surface area contributed by atoms with Gasteiger partial charge in [0.25, 0.3) is 12.3 Å². The van der Waals surface area contributed by atoms with Crippen molar-refractivity contribution in [2.45, 2.75) is 25.1 Å². The summed E-state index contributed by atoms with van der Waals surface area (Å²) in [4.78, 5) is 31.6. The summed E-state index contributed by atoms with van der Waals surface area (Å²) in [5.74, 6) is -2.78. The lowest BCUT2D eigenvalue weighted by atomic mass is 9.86. The van der Waals surface area contributed by atoms with Crippen molar-refractivity contribution in [1.29, 1.82) is 0 Å². The first-order valence-corrected chi connectivity index (χ1v) is 9.68. The monoisotopic (exact) mass is 499 g/mol. The molecule has 1 aliphatic heterocycles. The maximum atomic E-state index is 14.8. The first kappa shape index (κ1) is 22.7. The lowest BCUT2D eigenvalue weighted by Crippen LogP contribution is -2.60. The Kier molecular flexibility index (Phi) is 6.60. The molecule has 1 amide bonds. The van der Waals surface area contributed by atoms with Crippen molar-refractivity contribution < 1.29 is 27.5 Å². The van der Waals surface area contributed by atoms with E-state index in [-0.39, 0.29) is 23.8 Å². The van der Waals surface area contributed by atoms with E-state index in [1.54, 1.807) is 6.07 Å². The maximum Gasteiger partial charge on any atom is 0.304 e. The van der Waals surface area contributed by atoms with Gasteiger partial charge < -0.3 is 15.8 Å². The van der Waals surface area contributed by atoms with Crippen LogP contribution in [0.25, 0.3) is 0 Å². The SMILES string of the molecule is CC(=O)OC1NCC(N)=NC1(c1cc(NC(=O)c2ccc(Br)cn2)ccc1F)C(F)F. The molecule has 0 saturated heterocycles. The van der Waals surface area contributed by atoms with E-state index < -0.39 is 41.4 Å². The van der Waals surface area contributed by atoms with E-state index in [1.165, 1.54) is 18.3 Å². The number of anilines is 1. The molecule has 2 heterocycles. The highest BCUT2D eigenvalue weighted by molar-refractivity contribution is 9.10. The lowest BCUT2D eigenvalue weighted by Gasteiger charge is -2.40. The molecule has 31 heavy (non-hydrogen) atoms. The number of amidine groups is 1. The normalized spacial score (nSPS) is 20.8. The summed E-state index contributed by atoms with van der Waals surface area (Å²) in [7, 11) is 0. The number of aromatic nitrogens is 1. The summed E-state index contributed by atoms with van der Waals surface area (Å²) in [6.07, 6.45) is -3.59. The average Bonchev–Trinajstić information content (AvgIpc) is 2.70. The highest BCUT2D eigenvalue weighted by atomic mass is 79.9. The minimum atomic E-state index is -3.31. The van der Waals surface area contributed by atoms with Gasteiger partial charge in [-0.15, -0.1) is 0 Å². The van der Waals surface area contributed by atoms with Gasteiger partial charge in [-0.1, -0.05) is 0 Å². The fraction of sp³-hybridized carbons (Fsp3) is 0.263. The van der Waals surface area contributed by atoms with Gasteiger partial charge in [-0.05, 0) is 46.3 Å². The number of rotatable bonds is 5. The number of ether oxygens (including phenoxy) is 1. The molecule has 12 heteroatoms. The van der Waals surface area contributed by atoms with Crippen molar-refractivity contribution in [3.63, 3.8) is 0 Å². The summed E-state index contributed by atoms with van der Waals surface area (Å²) >= 11 is 3.20. The number of amides is 1. The van der Waals surface area contributed by atoms with Crippen LogP contribution in [0.3, 0.4) is 0 Å². The molecular formula is C19H17BrF3N5O3. The number of hydrogen-bond acceptors (Lipinski definition) is 7. The largest absolute Gasteiger partial charge is 0.443 e. The smallest absolute Gasteiger partial charge is 0.304 e. The number of benzene rings is 1. The Morgan fingerprint density at radius 2 is 2.10 bits per heavy atom. The summed E-state index contributed by atoms with van der Waals surface area (Å²) in [6, 6.07) is 6.13. The van der Waals surface area contributed by atoms with E-state index in [9.17, 15) is 22.8 Å². The molecule has 8 nitrogen and oxygen atoms in total. The van der Waals surface area contributed by atoms with Gasteiger partial charge >= 0.3 is 5.97 Å². The molecule has 2 unspecified atom stereocenters. The Balaban J connectivity index is 2.04. The highest BCUT2D eigenvalue weighted by Crippen LogP contribution is 2.41. The third-order valence-corrected chi connectivity index (χ3v) is 4.90. The van der Waals surface area contributed by atoms with Gasteiger partial charge in [-0.25, -0.2) is 23.1 Å². The number of carbonyl (C=O) groups excluding carboxylic acids is 2. The number of carbonyl (C=O) groups is 2. The first-order chi connectivity index (χ1) is 14.6. The van der Waals surface area contributed by atoms with Crippen LogP contribution in [0.2, 0.25) is 0 Å². The molecule has 2 aromatic rings. The summed E-state index contributed by atoms with van der Waals surface area (Å²) < 4.78 is 49.1. The van der Waals surface area contributed by atoms with Crippen molar-refractivity contribution in [2.24, 2.45) is 10.7 Å². The topological polar surface area (TPSA) is 119 Å². The predicted molar refractivity (Wildman–Crippen MR) is 109 cm³/mol. The molecule has 0 fully saturated rings. The van der Waals surface area contributed by atoms with E-state index in [0.29, 0.717) is 4.47 Å². The van der Waals surface area contributed by atoms with Crippen LogP contribution in [0.5, 0.6) is 0 Å². The lowest BCUT2D eigenvalue weighted by molar-refractivity contribution is -0.158. The number of nitrogens with one attached hydrogen (secondary N) is 2. The van der Waals surface area contributed by atoms with Crippen LogP contribution >= 0.6 is 15.9 Å². The van der Waals surface area contributed by atoms with Gasteiger partial charge in [0, 0.05) is 28.8 Å². The number of nitrogens with zero attached hydrogens (tertiary/aromatic N) is 2. The van der Waals surface area contributed by atoms with Gasteiger partial charge in [0.1, 0.15) is 17.3 Å². The Morgan fingerprint density at radius 1 is 1.35 bits per heavy atom. The second kappa shape index (κ2) is 9.02. The first-order valence-electron chi connectivity index (χ1n) is 8.89. The third-order valence-electron chi connectivity index (χ3n) is 4.43. The van der Waals surface area contributed by atoms with E-state index in [1.807, 2.05) is 0 Å². The highest BCUT2D eigenvalue weighted by Gasteiger charge is 2.54. The van der Waals surface area contributed by atoms with Crippen LogP contribution in [-0.2, 0) is 15.1 Å². The molecule has 1 aromatic carbocycles. The number of pyridine rings is 1. The van der Waals surface area contributed by atoms with Crippen LogP contribution in [0.4, 0.5) is 18.9 Å². The Hall–Kier alpha value is -2.99. The summed E-state index contributed by atoms with van der Waals surface area (Å²) in [5, 5.41) is 5.01. The number of hydrogen-bond donors (Lipinski definition) is 3. The fourth-order valence-electron chi connectivity index (χ4n) is 3.08. The molecule has 0 bridgehead atoms. The van der Waals surface area contributed by atoms with Gasteiger partial charge in [0.15, 0.2) is 6.23 Å². The molecule has 0 spiro atoms. The Bertz CT molecular complexity index is 1030. The quantitative estimate of drug-likeness (QED) is 0.544. The molecule has 2 atom stereocenters. The van der Waals surface area contributed by atoms with Gasteiger partial charge in [-0.3, -0.25) is 14.9 Å². The predicted octanol–water partition coefficient (Wildman–Crippen LogP) is 2.55. The van der Waals surface area contributed by atoms with Gasteiger partial charge in [-0.2, -0.15) is 0 Å². The van der Waals surface area contributed by atoms with E-state index in [2.05, 4.69) is 36.5 Å². The van der Waals surface area contributed by atoms with Crippen LogP contribution < -0.4 is 16.4 Å². The molecule has 0 aliphatic carbocycles. The zero-order valence-electron chi connectivity index (χ0n) is 16.0. The van der Waals surface area contributed by atoms with Crippen molar-refractivity contribution in [3.05, 3.63) is 58.1 Å². The molecule has 4 N–H and O–H groups in total. The average molecular weight is 500 g/mol. The Labute approximate surface area is 183 Å². The minimum Gasteiger partial charge on any atom is -0.443 e. The van der Waals surface area contributed by atoms with E-state index in [4.69, 9.17) is 10.5 Å². The van der Waals surface area contributed by atoms with Crippen LogP contribution in [0.15, 0.2) is 46.0 Å². The minimum absolute atomic E-state index is 0.00654. The van der Waals surface area contributed by atoms with Crippen molar-refractivity contribution in [1.82, 2.24) is 10.3 Å². The van der Waals surface area contributed by atoms with Gasteiger partial charge in [0.05, 0.1) is 6.54 Å². The van der Waals surface area contributed by atoms with Gasteiger partial charge in [0.2, 0.25) is 5.54 Å². The number of aliphatic imine (C=N–C) groups is 1. The fourth-order valence-corrected chi connectivity index (χ4v) is 3.32. The molecule has 1 aromatic heterocycles.